The van der Waals surface area contributed by atoms with Crippen molar-refractivity contribution in [3.8, 4) is 0 Å². The zero-order chi connectivity index (χ0) is 28.1. The summed E-state index contributed by atoms with van der Waals surface area (Å²) in [6, 6.07) is 2.85. The van der Waals surface area contributed by atoms with E-state index in [1.54, 1.807) is 0 Å². The van der Waals surface area contributed by atoms with Crippen molar-refractivity contribution in [1.29, 1.82) is 0 Å². The van der Waals surface area contributed by atoms with Gasteiger partial charge >= 0.3 is 0 Å². The summed E-state index contributed by atoms with van der Waals surface area (Å²) in [6.45, 7) is -10.0. The van der Waals surface area contributed by atoms with Crippen molar-refractivity contribution in [2.45, 2.75) is 25.8 Å². The summed E-state index contributed by atoms with van der Waals surface area (Å²) in [5, 5.41) is 0.292. The van der Waals surface area contributed by atoms with E-state index in [1.165, 1.54) is 24.3 Å². The molecular weight excluding hydrogens is 306 g/mol. The summed E-state index contributed by atoms with van der Waals surface area (Å²) in [4.78, 5) is 4.40. The Labute approximate surface area is 161 Å². The fraction of sp³-hybridized carbons (Fsp3) is 0.316. The molecule has 1 aliphatic heterocycles. The fourth-order valence-electron chi connectivity index (χ4n) is 2.17. The van der Waals surface area contributed by atoms with Crippen molar-refractivity contribution in [3.63, 3.8) is 0 Å². The number of hydrogen-bond acceptors (Lipinski definition) is 2. The average molecular weight is 340 g/mol. The second-order valence-electron chi connectivity index (χ2n) is 4.74. The molecule has 0 radical (unpaired) electrons. The van der Waals surface area contributed by atoms with Crippen LogP contribution in [0.4, 0.5) is 0 Å². The third kappa shape index (κ3) is 3.12. The molecule has 1 aromatic heterocycles. The molecule has 0 spiro atoms. The van der Waals surface area contributed by atoms with Gasteiger partial charge in [0.2, 0.25) is 0 Å². The standard InChI is InChI=1S/C19H20ClN3/c20-16-9-7-15(8-10-16)13-23-18-6-2-1-5-17(18)21-19(23)14-22-11-3-4-12-22/h1-2,5-10H,3-4,11-14H2/i1D,2D,3D2,4D2,5D,6D,11D2,12D2,13D2. The third-order valence-electron chi connectivity index (χ3n) is 3.20. The monoisotopic (exact) mass is 339 g/mol. The molecule has 2 heterocycles. The number of para-hydroxylation sites is 2. The molecule has 0 bridgehead atoms. The normalized spacial score (nSPS) is 33.8. The van der Waals surface area contributed by atoms with Crippen molar-refractivity contribution >= 4 is 22.6 Å². The Balaban J connectivity index is 2.05. The van der Waals surface area contributed by atoms with E-state index in [9.17, 15) is 0 Å². The molecule has 118 valence electrons. The third-order valence-corrected chi connectivity index (χ3v) is 3.45. The minimum atomic E-state index is -3.33. The highest BCUT2D eigenvalue weighted by Crippen LogP contribution is 2.21. The van der Waals surface area contributed by atoms with Crippen LogP contribution in [0.2, 0.25) is 5.02 Å². The van der Waals surface area contributed by atoms with Crippen LogP contribution in [0.25, 0.3) is 11.0 Å². The Morgan fingerprint density at radius 3 is 2.70 bits per heavy atom. The number of rotatable bonds is 4. The molecule has 2 aromatic carbocycles. The first kappa shape index (κ1) is 5.91. The van der Waals surface area contributed by atoms with E-state index in [-0.39, 0.29) is 21.5 Å². The van der Waals surface area contributed by atoms with Gasteiger partial charge in [-0.25, -0.2) is 4.98 Å². The van der Waals surface area contributed by atoms with Crippen LogP contribution in [0.1, 0.15) is 43.3 Å². The zero-order valence-corrected chi connectivity index (χ0v) is 12.5. The van der Waals surface area contributed by atoms with Gasteiger partial charge in [0.15, 0.2) is 0 Å². The zero-order valence-electron chi connectivity index (χ0n) is 25.7. The molecule has 0 amide bonds. The van der Waals surface area contributed by atoms with E-state index < -0.39 is 68.8 Å². The summed E-state index contributed by atoms with van der Waals surface area (Å²) in [6.07, 6.45) is -6.67. The molecule has 3 aromatic rings. The summed E-state index contributed by atoms with van der Waals surface area (Å²) >= 11 is 5.92. The SMILES string of the molecule is [2H]c1c([2H])c([2H])c2c(nc(CN3C([2H])([2H])C([2H])([2H])C([2H])([2H])C3([2H])[2H])n2C([2H])([2H])c2ccc(Cl)cc2)c1[2H]. The summed E-state index contributed by atoms with van der Waals surface area (Å²) in [7, 11) is 0. The lowest BCUT2D eigenvalue weighted by Crippen LogP contribution is -2.21. The Kier molecular flexibility index (Phi) is 1.63. The van der Waals surface area contributed by atoms with E-state index in [1.807, 2.05) is 0 Å². The smallest absolute Gasteiger partial charge is 0.124 e. The quantitative estimate of drug-likeness (QED) is 0.705. The van der Waals surface area contributed by atoms with Crippen LogP contribution < -0.4 is 0 Å². The van der Waals surface area contributed by atoms with Crippen LogP contribution >= 0.6 is 11.6 Å². The highest BCUT2D eigenvalue weighted by atomic mass is 35.5. The van der Waals surface area contributed by atoms with Gasteiger partial charge in [-0.05, 0) is 55.5 Å². The van der Waals surface area contributed by atoms with Crippen LogP contribution in [0, 0.1) is 0 Å². The van der Waals surface area contributed by atoms with E-state index >= 15 is 0 Å². The lowest BCUT2D eigenvalue weighted by molar-refractivity contribution is 0.318. The van der Waals surface area contributed by atoms with Crippen LogP contribution in [0.3, 0.4) is 0 Å². The number of aromatic nitrogens is 2. The van der Waals surface area contributed by atoms with E-state index in [0.29, 0.717) is 5.02 Å². The molecule has 4 heteroatoms. The number of hydrogen-bond donors (Lipinski definition) is 0. The Morgan fingerprint density at radius 1 is 1.17 bits per heavy atom. The topological polar surface area (TPSA) is 21.1 Å². The Hall–Kier alpha value is -1.84. The number of benzene rings is 2. The van der Waals surface area contributed by atoms with Gasteiger partial charge in [0.05, 0.1) is 25.8 Å². The Bertz CT molecular complexity index is 1370. The molecule has 0 aliphatic carbocycles. The van der Waals surface area contributed by atoms with Crippen molar-refractivity contribution < 1.29 is 19.2 Å². The number of fused-ring (bicyclic) bond motifs is 1. The van der Waals surface area contributed by atoms with Crippen molar-refractivity contribution in [1.82, 2.24) is 14.5 Å². The van der Waals surface area contributed by atoms with Gasteiger partial charge in [-0.2, -0.15) is 0 Å². The fourth-order valence-corrected chi connectivity index (χ4v) is 2.30. The van der Waals surface area contributed by atoms with E-state index in [2.05, 4.69) is 4.98 Å². The molecule has 3 nitrogen and oxygen atoms in total. The lowest BCUT2D eigenvalue weighted by Gasteiger charge is -2.16. The molecule has 0 saturated carbocycles. The highest BCUT2D eigenvalue weighted by molar-refractivity contribution is 6.30. The van der Waals surface area contributed by atoms with E-state index in [4.69, 9.17) is 30.8 Å². The Morgan fingerprint density at radius 2 is 1.91 bits per heavy atom. The first-order valence-electron chi connectivity index (χ1n) is 13.7. The maximum absolute atomic E-state index is 8.88. The largest absolute Gasteiger partial charge is 0.322 e. The van der Waals surface area contributed by atoms with Crippen LogP contribution in [-0.2, 0) is 13.0 Å². The minimum absolute atomic E-state index is 0.0250. The number of halogens is 1. The molecule has 0 atom stereocenters. The predicted molar refractivity (Wildman–Crippen MR) is 94.8 cm³/mol. The summed E-state index contributed by atoms with van der Waals surface area (Å²) in [5.41, 5.74) is -0.777. The number of nitrogens with zero attached hydrogens (tertiary/aromatic N) is 3. The van der Waals surface area contributed by atoms with Gasteiger partial charge in [-0.3, -0.25) is 4.90 Å². The van der Waals surface area contributed by atoms with Crippen LogP contribution in [-0.4, -0.2) is 27.4 Å². The summed E-state index contributed by atoms with van der Waals surface area (Å²) in [5.74, 6) is -0.469. The van der Waals surface area contributed by atoms with Crippen LogP contribution in [0.15, 0.2) is 48.4 Å². The molecule has 4 rings (SSSR count). The summed E-state index contributed by atoms with van der Waals surface area (Å²) < 4.78 is 116. The molecule has 0 unspecified atom stereocenters. The van der Waals surface area contributed by atoms with Crippen LogP contribution in [0.5, 0.6) is 0 Å². The van der Waals surface area contributed by atoms with Gasteiger partial charge in [0.25, 0.3) is 0 Å². The maximum Gasteiger partial charge on any atom is 0.124 e. The number of imidazole rings is 1. The first-order valence-corrected chi connectivity index (χ1v) is 7.12. The van der Waals surface area contributed by atoms with Gasteiger partial charge in [-0.15, -0.1) is 0 Å². The number of likely N-dealkylation sites (tertiary alicyclic amines) is 1. The molecule has 23 heavy (non-hydrogen) atoms. The molecular formula is C19H20ClN3. The lowest BCUT2D eigenvalue weighted by atomic mass is 10.2. The minimum Gasteiger partial charge on any atom is -0.322 e. The average Bonchev–Trinajstić information content (AvgIpc) is 3.22. The van der Waals surface area contributed by atoms with Gasteiger partial charge in [-0.1, -0.05) is 35.8 Å². The molecule has 1 saturated heterocycles. The highest BCUT2D eigenvalue weighted by Gasteiger charge is 2.17. The van der Waals surface area contributed by atoms with E-state index in [0.717, 1.165) is 4.57 Å². The van der Waals surface area contributed by atoms with Crippen molar-refractivity contribution in [2.24, 2.45) is 0 Å². The van der Waals surface area contributed by atoms with Gasteiger partial charge in [0, 0.05) is 22.5 Å². The van der Waals surface area contributed by atoms with Crippen molar-refractivity contribution in [2.75, 3.05) is 13.0 Å². The van der Waals surface area contributed by atoms with Gasteiger partial charge < -0.3 is 4.57 Å². The van der Waals surface area contributed by atoms with Gasteiger partial charge in [0.1, 0.15) is 5.82 Å². The second-order valence-corrected chi connectivity index (χ2v) is 5.18. The molecule has 1 fully saturated rings. The predicted octanol–water partition coefficient (Wildman–Crippen LogP) is 4.33. The maximum atomic E-state index is 8.88. The molecule has 1 aliphatic rings. The second kappa shape index (κ2) is 6.34. The molecule has 0 N–H and O–H groups in total. The van der Waals surface area contributed by atoms with Crippen molar-refractivity contribution in [3.05, 3.63) is 64.8 Å². The first-order chi connectivity index (χ1) is 16.7.